The van der Waals surface area contributed by atoms with Crippen molar-refractivity contribution >= 4 is 56.2 Å². The zero-order valence-electron chi connectivity index (χ0n) is 18.1. The predicted molar refractivity (Wildman–Crippen MR) is 132 cm³/mol. The van der Waals surface area contributed by atoms with E-state index >= 15 is 0 Å². The molecule has 2 aromatic carbocycles. The summed E-state index contributed by atoms with van der Waals surface area (Å²) < 4.78 is 25.0. The van der Waals surface area contributed by atoms with Crippen LogP contribution in [0, 0.1) is 5.82 Å². The van der Waals surface area contributed by atoms with Gasteiger partial charge < -0.3 is 9.15 Å². The molecule has 9 heteroatoms. The maximum Gasteiger partial charge on any atom is 0.338 e. The minimum Gasteiger partial charge on any atom is -0.462 e. The van der Waals surface area contributed by atoms with Crippen LogP contribution < -0.4 is 5.32 Å². The van der Waals surface area contributed by atoms with Crippen LogP contribution in [0.15, 0.2) is 59.0 Å². The summed E-state index contributed by atoms with van der Waals surface area (Å²) in [4.78, 5) is 28.9. The monoisotopic (exact) mass is 498 g/mol. The standard InChI is InChI=1S/C25H20ClFN2O4S/c1-2-3-12-32-24(31)16-5-9-20-22(14-16)34-25(28-20)29-23(30)11-7-17-6-10-21(33-17)15-4-8-19(27)18(26)13-15/h4-11,13-14H,2-3,12H2,1H3,(H,28,29,30)/b11-7+. The van der Waals surface area contributed by atoms with Crippen LogP contribution in [0.5, 0.6) is 0 Å². The zero-order valence-corrected chi connectivity index (χ0v) is 19.7. The van der Waals surface area contributed by atoms with Crippen molar-refractivity contribution in [3.05, 3.63) is 76.8 Å². The second-order valence-electron chi connectivity index (χ2n) is 7.34. The van der Waals surface area contributed by atoms with Gasteiger partial charge in [0.2, 0.25) is 5.91 Å². The van der Waals surface area contributed by atoms with E-state index < -0.39 is 5.82 Å². The van der Waals surface area contributed by atoms with Crippen molar-refractivity contribution in [2.75, 3.05) is 11.9 Å². The van der Waals surface area contributed by atoms with Gasteiger partial charge in [-0.25, -0.2) is 14.2 Å². The van der Waals surface area contributed by atoms with Gasteiger partial charge in [0.05, 0.1) is 27.4 Å². The number of thiazole rings is 1. The van der Waals surface area contributed by atoms with Crippen LogP contribution in [0.4, 0.5) is 9.52 Å². The molecule has 0 bridgehead atoms. The number of anilines is 1. The average Bonchev–Trinajstić information content (AvgIpc) is 3.45. The molecule has 2 aromatic heterocycles. The molecule has 0 saturated carbocycles. The molecule has 0 unspecified atom stereocenters. The molecule has 4 aromatic rings. The minimum absolute atomic E-state index is 0.00158. The van der Waals surface area contributed by atoms with Gasteiger partial charge in [-0.3, -0.25) is 10.1 Å². The number of aromatic nitrogens is 1. The summed E-state index contributed by atoms with van der Waals surface area (Å²) in [6.07, 6.45) is 4.60. The van der Waals surface area contributed by atoms with Crippen LogP contribution in [0.2, 0.25) is 5.02 Å². The summed E-state index contributed by atoms with van der Waals surface area (Å²) in [5.74, 6) is -0.330. The van der Waals surface area contributed by atoms with E-state index in [1.807, 2.05) is 6.92 Å². The molecule has 0 radical (unpaired) electrons. The van der Waals surface area contributed by atoms with Gasteiger partial charge in [0.15, 0.2) is 5.13 Å². The Morgan fingerprint density at radius 3 is 2.85 bits per heavy atom. The largest absolute Gasteiger partial charge is 0.462 e. The van der Waals surface area contributed by atoms with Crippen LogP contribution in [-0.2, 0) is 9.53 Å². The fraction of sp³-hybridized carbons (Fsp3) is 0.160. The lowest BCUT2D eigenvalue weighted by Crippen LogP contribution is -2.07. The number of nitrogens with zero attached hydrogens (tertiary/aromatic N) is 1. The number of ether oxygens (including phenoxy) is 1. The lowest BCUT2D eigenvalue weighted by Gasteiger charge is -2.03. The number of unbranched alkanes of at least 4 members (excludes halogenated alkanes) is 1. The number of rotatable bonds is 8. The molecule has 0 fully saturated rings. The first-order valence-electron chi connectivity index (χ1n) is 10.5. The van der Waals surface area contributed by atoms with Gasteiger partial charge in [0.1, 0.15) is 17.3 Å². The normalized spacial score (nSPS) is 11.3. The average molecular weight is 499 g/mol. The third kappa shape index (κ3) is 5.70. The van der Waals surface area contributed by atoms with Crippen LogP contribution in [0.25, 0.3) is 27.6 Å². The van der Waals surface area contributed by atoms with Crippen molar-refractivity contribution in [2.24, 2.45) is 0 Å². The van der Waals surface area contributed by atoms with Crippen LogP contribution in [-0.4, -0.2) is 23.5 Å². The predicted octanol–water partition coefficient (Wildman–Crippen LogP) is 6.96. The maximum atomic E-state index is 13.3. The smallest absolute Gasteiger partial charge is 0.338 e. The third-order valence-electron chi connectivity index (χ3n) is 4.82. The number of nitrogens with one attached hydrogen (secondary N) is 1. The lowest BCUT2D eigenvalue weighted by molar-refractivity contribution is -0.111. The highest BCUT2D eigenvalue weighted by Gasteiger charge is 2.12. The fourth-order valence-electron chi connectivity index (χ4n) is 3.05. The molecule has 2 heterocycles. The summed E-state index contributed by atoms with van der Waals surface area (Å²) in [5.41, 5.74) is 1.74. The van der Waals surface area contributed by atoms with Gasteiger partial charge in [-0.1, -0.05) is 36.3 Å². The molecule has 0 aliphatic carbocycles. The Morgan fingerprint density at radius 1 is 1.21 bits per heavy atom. The molecule has 0 spiro atoms. The summed E-state index contributed by atoms with van der Waals surface area (Å²) in [5, 5.41) is 3.12. The minimum atomic E-state index is -0.508. The number of halogens is 2. The van der Waals surface area contributed by atoms with Gasteiger partial charge in [-0.05, 0) is 61.0 Å². The van der Waals surface area contributed by atoms with E-state index in [9.17, 15) is 14.0 Å². The molecule has 34 heavy (non-hydrogen) atoms. The summed E-state index contributed by atoms with van der Waals surface area (Å²) in [7, 11) is 0. The van der Waals surface area contributed by atoms with Gasteiger partial charge >= 0.3 is 5.97 Å². The van der Waals surface area contributed by atoms with Crippen molar-refractivity contribution in [2.45, 2.75) is 19.8 Å². The Balaban J connectivity index is 1.39. The molecule has 0 atom stereocenters. The first-order valence-corrected chi connectivity index (χ1v) is 11.7. The van der Waals surface area contributed by atoms with Gasteiger partial charge in [0, 0.05) is 11.6 Å². The molecule has 174 valence electrons. The number of hydrogen-bond donors (Lipinski definition) is 1. The Kier molecular flexibility index (Phi) is 7.40. The second kappa shape index (κ2) is 10.6. The van der Waals surface area contributed by atoms with E-state index in [2.05, 4.69) is 10.3 Å². The number of carbonyl (C=O) groups excluding carboxylic acids is 2. The van der Waals surface area contributed by atoms with E-state index in [1.54, 1.807) is 36.4 Å². The molecule has 0 aliphatic heterocycles. The Morgan fingerprint density at radius 2 is 2.06 bits per heavy atom. The molecule has 6 nitrogen and oxygen atoms in total. The zero-order chi connectivity index (χ0) is 24.1. The van der Waals surface area contributed by atoms with Crippen molar-refractivity contribution < 1.29 is 23.1 Å². The number of furan rings is 1. The van der Waals surface area contributed by atoms with Gasteiger partial charge in [0.25, 0.3) is 0 Å². The highest BCUT2D eigenvalue weighted by Crippen LogP contribution is 2.28. The maximum absolute atomic E-state index is 13.3. The van der Waals surface area contributed by atoms with Gasteiger partial charge in [-0.15, -0.1) is 0 Å². The summed E-state index contributed by atoms with van der Waals surface area (Å²) >= 11 is 7.08. The highest BCUT2D eigenvalue weighted by molar-refractivity contribution is 7.22. The molecule has 1 N–H and O–H groups in total. The molecule has 1 amide bonds. The fourth-order valence-corrected chi connectivity index (χ4v) is 4.14. The van der Waals surface area contributed by atoms with Crippen LogP contribution in [0.1, 0.15) is 35.9 Å². The van der Waals surface area contributed by atoms with Crippen molar-refractivity contribution in [3.63, 3.8) is 0 Å². The number of esters is 1. The SMILES string of the molecule is CCCCOC(=O)c1ccc2nc(NC(=O)/C=C/c3ccc(-c4ccc(F)c(Cl)c4)o3)sc2c1. The lowest BCUT2D eigenvalue weighted by atomic mass is 10.2. The van der Waals surface area contributed by atoms with Crippen molar-refractivity contribution in [3.8, 4) is 11.3 Å². The van der Waals surface area contributed by atoms with Crippen molar-refractivity contribution in [1.82, 2.24) is 4.98 Å². The number of amides is 1. The first kappa shape index (κ1) is 23.7. The molecular formula is C25H20ClFN2O4S. The second-order valence-corrected chi connectivity index (χ2v) is 8.78. The topological polar surface area (TPSA) is 81.4 Å². The molecular weight excluding hydrogens is 479 g/mol. The van der Waals surface area contributed by atoms with E-state index in [0.717, 1.165) is 17.5 Å². The number of hydrogen-bond acceptors (Lipinski definition) is 6. The molecule has 4 rings (SSSR count). The summed E-state index contributed by atoms with van der Waals surface area (Å²) in [6.45, 7) is 2.41. The van der Waals surface area contributed by atoms with Crippen molar-refractivity contribution in [1.29, 1.82) is 0 Å². The Bertz CT molecular complexity index is 1380. The van der Waals surface area contributed by atoms with E-state index in [-0.39, 0.29) is 16.9 Å². The van der Waals surface area contributed by atoms with Crippen LogP contribution in [0.3, 0.4) is 0 Å². The third-order valence-corrected chi connectivity index (χ3v) is 6.04. The highest BCUT2D eigenvalue weighted by atomic mass is 35.5. The number of fused-ring (bicyclic) bond motifs is 1. The molecule has 0 saturated heterocycles. The van der Waals surface area contributed by atoms with Crippen LogP contribution >= 0.6 is 22.9 Å². The quantitative estimate of drug-likeness (QED) is 0.161. The van der Waals surface area contributed by atoms with E-state index in [1.165, 1.54) is 35.6 Å². The molecule has 0 aliphatic rings. The van der Waals surface area contributed by atoms with E-state index in [4.69, 9.17) is 20.8 Å². The summed E-state index contributed by atoms with van der Waals surface area (Å²) in [6, 6.07) is 12.8. The first-order chi connectivity index (χ1) is 16.4. The van der Waals surface area contributed by atoms with E-state index in [0.29, 0.717) is 39.9 Å². The Labute approximate surface area is 204 Å². The number of benzene rings is 2. The Hall–Kier alpha value is -3.49. The van der Waals surface area contributed by atoms with Gasteiger partial charge in [-0.2, -0.15) is 0 Å². The number of carbonyl (C=O) groups is 2.